The third-order valence-corrected chi connectivity index (χ3v) is 3.95. The van der Waals surface area contributed by atoms with Gasteiger partial charge in [0.15, 0.2) is 5.65 Å². The van der Waals surface area contributed by atoms with Gasteiger partial charge in [0.1, 0.15) is 12.2 Å². The third-order valence-electron chi connectivity index (χ3n) is 3.95. The molecule has 1 saturated heterocycles. The number of fused-ring (bicyclic) bond motifs is 1. The normalized spacial score (nSPS) is 24.9. The molecular weight excluding hydrogens is 214 g/mol. The minimum absolute atomic E-state index is 0.0858. The number of nitrogens with zero attached hydrogens (tertiary/aromatic N) is 4. The highest BCUT2D eigenvalue weighted by Gasteiger charge is 2.42. The van der Waals surface area contributed by atoms with E-state index >= 15 is 0 Å². The van der Waals surface area contributed by atoms with E-state index in [1.807, 2.05) is 16.8 Å². The zero-order chi connectivity index (χ0) is 11.9. The number of hydrogen-bond acceptors (Lipinski definition) is 4. The Hall–Kier alpha value is -1.49. The van der Waals surface area contributed by atoms with Crippen molar-refractivity contribution in [3.05, 3.63) is 24.4 Å². The number of rotatable bonds is 2. The molecule has 0 aliphatic carbocycles. The molecule has 3 heterocycles. The van der Waals surface area contributed by atoms with Crippen LogP contribution in [0.25, 0.3) is 5.65 Å². The minimum atomic E-state index is 0.0858. The molecule has 5 heteroatoms. The fraction of sp³-hybridized carbons (Fsp3) is 0.583. The molecule has 1 N–H and O–H groups in total. The van der Waals surface area contributed by atoms with Crippen LogP contribution in [0.3, 0.4) is 0 Å². The van der Waals surface area contributed by atoms with E-state index in [9.17, 15) is 0 Å². The van der Waals surface area contributed by atoms with Gasteiger partial charge in [-0.25, -0.2) is 4.98 Å². The SMILES string of the molecule is CC(C)C1(c2nnc3ccncn23)CCNC1. The predicted molar refractivity (Wildman–Crippen MR) is 64.8 cm³/mol. The summed E-state index contributed by atoms with van der Waals surface area (Å²) in [6.45, 7) is 6.53. The van der Waals surface area contributed by atoms with Gasteiger partial charge in [0.2, 0.25) is 0 Å². The van der Waals surface area contributed by atoms with E-state index in [0.717, 1.165) is 31.0 Å². The van der Waals surface area contributed by atoms with Gasteiger partial charge in [0.05, 0.1) is 0 Å². The van der Waals surface area contributed by atoms with Gasteiger partial charge in [-0.15, -0.1) is 10.2 Å². The van der Waals surface area contributed by atoms with E-state index in [0.29, 0.717) is 5.92 Å². The second-order valence-corrected chi connectivity index (χ2v) is 5.07. The molecule has 0 saturated carbocycles. The van der Waals surface area contributed by atoms with Crippen molar-refractivity contribution in [2.24, 2.45) is 5.92 Å². The Bertz CT molecular complexity index is 524. The van der Waals surface area contributed by atoms with E-state index in [-0.39, 0.29) is 5.41 Å². The molecule has 2 aromatic heterocycles. The first-order valence-corrected chi connectivity index (χ1v) is 6.10. The van der Waals surface area contributed by atoms with E-state index in [1.54, 1.807) is 6.20 Å². The average Bonchev–Trinajstić information content (AvgIpc) is 2.95. The number of nitrogens with one attached hydrogen (secondary N) is 1. The van der Waals surface area contributed by atoms with E-state index in [4.69, 9.17) is 0 Å². The molecule has 1 aliphatic rings. The number of aromatic nitrogens is 4. The van der Waals surface area contributed by atoms with E-state index in [1.165, 1.54) is 0 Å². The highest BCUT2D eigenvalue weighted by Crippen LogP contribution is 2.36. The lowest BCUT2D eigenvalue weighted by molar-refractivity contribution is 0.315. The van der Waals surface area contributed by atoms with Gasteiger partial charge < -0.3 is 5.32 Å². The molecule has 2 aromatic rings. The molecule has 1 atom stereocenters. The van der Waals surface area contributed by atoms with Crippen LogP contribution in [-0.4, -0.2) is 32.7 Å². The van der Waals surface area contributed by atoms with Crippen molar-refractivity contribution in [1.82, 2.24) is 24.9 Å². The number of hydrogen-bond donors (Lipinski definition) is 1. The zero-order valence-corrected chi connectivity index (χ0v) is 10.2. The maximum Gasteiger partial charge on any atom is 0.163 e. The average molecular weight is 231 g/mol. The Balaban J connectivity index is 2.19. The lowest BCUT2D eigenvalue weighted by atomic mass is 9.75. The minimum Gasteiger partial charge on any atom is -0.316 e. The van der Waals surface area contributed by atoms with Crippen LogP contribution in [0, 0.1) is 5.92 Å². The van der Waals surface area contributed by atoms with Crippen LogP contribution in [-0.2, 0) is 5.41 Å². The first kappa shape index (κ1) is 10.7. The highest BCUT2D eigenvalue weighted by atomic mass is 15.3. The van der Waals surface area contributed by atoms with Crippen molar-refractivity contribution in [2.45, 2.75) is 25.7 Å². The second-order valence-electron chi connectivity index (χ2n) is 5.07. The van der Waals surface area contributed by atoms with Gasteiger partial charge >= 0.3 is 0 Å². The van der Waals surface area contributed by atoms with Crippen LogP contribution < -0.4 is 5.32 Å². The Labute approximate surface area is 100 Å². The summed E-state index contributed by atoms with van der Waals surface area (Å²) in [6.07, 6.45) is 4.68. The lowest BCUT2D eigenvalue weighted by Crippen LogP contribution is -2.36. The van der Waals surface area contributed by atoms with Crippen LogP contribution in [0.2, 0.25) is 0 Å². The molecule has 0 radical (unpaired) electrons. The predicted octanol–water partition coefficient (Wildman–Crippen LogP) is 1.01. The van der Waals surface area contributed by atoms with Crippen molar-refractivity contribution < 1.29 is 0 Å². The first-order valence-electron chi connectivity index (χ1n) is 6.10. The van der Waals surface area contributed by atoms with Gasteiger partial charge in [-0.1, -0.05) is 13.8 Å². The first-order chi connectivity index (χ1) is 8.24. The lowest BCUT2D eigenvalue weighted by Gasteiger charge is -2.30. The summed E-state index contributed by atoms with van der Waals surface area (Å²) < 4.78 is 2.02. The van der Waals surface area contributed by atoms with Crippen LogP contribution in [0.1, 0.15) is 26.1 Å². The standard InChI is InChI=1S/C12H17N5/c1-9(2)12(4-6-13-7-12)11-16-15-10-3-5-14-8-17(10)11/h3,5,8-9,13H,4,6-7H2,1-2H3. The summed E-state index contributed by atoms with van der Waals surface area (Å²) in [6, 6.07) is 1.90. The van der Waals surface area contributed by atoms with E-state index in [2.05, 4.69) is 34.3 Å². The van der Waals surface area contributed by atoms with Crippen molar-refractivity contribution in [2.75, 3.05) is 13.1 Å². The second kappa shape index (κ2) is 3.77. The zero-order valence-electron chi connectivity index (χ0n) is 10.2. The topological polar surface area (TPSA) is 55.1 Å². The largest absolute Gasteiger partial charge is 0.316 e. The van der Waals surface area contributed by atoms with Crippen LogP contribution in [0.4, 0.5) is 0 Å². The van der Waals surface area contributed by atoms with Gasteiger partial charge in [0, 0.05) is 24.2 Å². The van der Waals surface area contributed by atoms with Crippen molar-refractivity contribution in [1.29, 1.82) is 0 Å². The summed E-state index contributed by atoms with van der Waals surface area (Å²) >= 11 is 0. The quantitative estimate of drug-likeness (QED) is 0.838. The van der Waals surface area contributed by atoms with Crippen LogP contribution in [0.5, 0.6) is 0 Å². The molecule has 90 valence electrons. The van der Waals surface area contributed by atoms with Crippen LogP contribution in [0.15, 0.2) is 18.6 Å². The summed E-state index contributed by atoms with van der Waals surface area (Å²) in [5.41, 5.74) is 0.963. The van der Waals surface area contributed by atoms with Gasteiger partial charge in [-0.2, -0.15) is 0 Å². The molecule has 5 nitrogen and oxygen atoms in total. The van der Waals surface area contributed by atoms with Gasteiger partial charge in [-0.05, 0) is 18.9 Å². The molecule has 1 unspecified atom stereocenters. The van der Waals surface area contributed by atoms with Crippen LogP contribution >= 0.6 is 0 Å². The summed E-state index contributed by atoms with van der Waals surface area (Å²) in [5, 5.41) is 12.1. The fourth-order valence-corrected chi connectivity index (χ4v) is 2.74. The molecule has 0 spiro atoms. The fourth-order valence-electron chi connectivity index (χ4n) is 2.74. The molecule has 17 heavy (non-hydrogen) atoms. The molecule has 1 fully saturated rings. The maximum absolute atomic E-state index is 4.40. The summed E-state index contributed by atoms with van der Waals surface area (Å²) in [7, 11) is 0. The smallest absolute Gasteiger partial charge is 0.163 e. The Morgan fingerprint density at radius 2 is 2.29 bits per heavy atom. The van der Waals surface area contributed by atoms with E-state index < -0.39 is 0 Å². The molecule has 1 aliphatic heterocycles. The van der Waals surface area contributed by atoms with Gasteiger partial charge in [-0.3, -0.25) is 4.40 Å². The van der Waals surface area contributed by atoms with Gasteiger partial charge in [0.25, 0.3) is 0 Å². The molecule has 0 amide bonds. The Kier molecular flexibility index (Phi) is 2.36. The molecule has 3 rings (SSSR count). The summed E-state index contributed by atoms with van der Waals surface area (Å²) in [5.74, 6) is 1.57. The molecule has 0 bridgehead atoms. The summed E-state index contributed by atoms with van der Waals surface area (Å²) in [4.78, 5) is 4.17. The Morgan fingerprint density at radius 1 is 1.41 bits per heavy atom. The van der Waals surface area contributed by atoms with Crippen molar-refractivity contribution >= 4 is 5.65 Å². The Morgan fingerprint density at radius 3 is 3.00 bits per heavy atom. The van der Waals surface area contributed by atoms with Crippen molar-refractivity contribution in [3.8, 4) is 0 Å². The maximum atomic E-state index is 4.40. The molecule has 0 aromatic carbocycles. The monoisotopic (exact) mass is 231 g/mol. The highest BCUT2D eigenvalue weighted by molar-refractivity contribution is 5.37. The molecular formula is C12H17N5. The van der Waals surface area contributed by atoms with Crippen molar-refractivity contribution in [3.63, 3.8) is 0 Å². The third kappa shape index (κ3) is 1.45.